The molecule has 0 bridgehead atoms. The van der Waals surface area contributed by atoms with E-state index in [1.54, 1.807) is 12.1 Å². The van der Waals surface area contributed by atoms with Gasteiger partial charge in [0, 0.05) is 24.8 Å². The lowest BCUT2D eigenvalue weighted by Crippen LogP contribution is -2.27. The monoisotopic (exact) mass is 391 g/mol. The van der Waals surface area contributed by atoms with Crippen LogP contribution in [-0.4, -0.2) is 36.9 Å². The van der Waals surface area contributed by atoms with Gasteiger partial charge in [-0.2, -0.15) is 0 Å². The van der Waals surface area contributed by atoms with Gasteiger partial charge in [-0.25, -0.2) is 22.9 Å². The number of rotatable bonds is 8. The third-order valence-corrected chi connectivity index (χ3v) is 5.05. The number of carboxylic acid groups (broad SMARTS) is 1. The first kappa shape index (κ1) is 20.5. The summed E-state index contributed by atoms with van der Waals surface area (Å²) in [4.78, 5) is 26.8. The van der Waals surface area contributed by atoms with E-state index >= 15 is 0 Å². The van der Waals surface area contributed by atoms with E-state index in [0.717, 1.165) is 0 Å². The van der Waals surface area contributed by atoms with Gasteiger partial charge in [0.25, 0.3) is 5.91 Å². The minimum atomic E-state index is -3.56. The van der Waals surface area contributed by atoms with Crippen LogP contribution in [0.4, 0.5) is 0 Å². The molecule has 0 atom stereocenters. The quantitative estimate of drug-likeness (QED) is 0.628. The Morgan fingerprint density at radius 3 is 2.41 bits per heavy atom. The molecule has 8 nitrogen and oxygen atoms in total. The Bertz CT molecular complexity index is 924. The Hall–Kier alpha value is -2.78. The highest BCUT2D eigenvalue weighted by Gasteiger charge is 2.14. The van der Waals surface area contributed by atoms with E-state index in [2.05, 4.69) is 15.0 Å². The van der Waals surface area contributed by atoms with Gasteiger partial charge in [0.1, 0.15) is 5.69 Å². The normalized spacial score (nSPS) is 11.4. The Morgan fingerprint density at radius 2 is 1.81 bits per heavy atom. The number of carbonyl (C=O) groups is 2. The fourth-order valence-corrected chi connectivity index (χ4v) is 3.33. The van der Waals surface area contributed by atoms with E-state index in [1.807, 2.05) is 13.8 Å². The van der Waals surface area contributed by atoms with Crippen LogP contribution in [0.1, 0.15) is 40.3 Å². The number of carbonyl (C=O) groups excluding carboxylic acids is 1. The molecule has 0 aliphatic carbocycles. The van der Waals surface area contributed by atoms with Gasteiger partial charge in [0.05, 0.1) is 4.90 Å². The van der Waals surface area contributed by atoms with Crippen LogP contribution in [0.3, 0.4) is 0 Å². The van der Waals surface area contributed by atoms with Crippen molar-refractivity contribution in [2.75, 3.05) is 6.54 Å². The van der Waals surface area contributed by atoms with Gasteiger partial charge in [-0.15, -0.1) is 0 Å². The summed E-state index contributed by atoms with van der Waals surface area (Å²) in [5.41, 5.74) is 0.671. The molecule has 0 aliphatic heterocycles. The summed E-state index contributed by atoms with van der Waals surface area (Å²) in [7, 11) is -3.56. The number of hydrogen-bond donors (Lipinski definition) is 3. The van der Waals surface area contributed by atoms with E-state index < -0.39 is 21.9 Å². The first-order valence-corrected chi connectivity index (χ1v) is 9.73. The topological polar surface area (TPSA) is 125 Å². The maximum atomic E-state index is 12.2. The lowest BCUT2D eigenvalue weighted by atomic mass is 10.2. The number of aromatic carboxylic acids is 1. The van der Waals surface area contributed by atoms with Crippen molar-refractivity contribution in [3.63, 3.8) is 0 Å². The van der Waals surface area contributed by atoms with Crippen LogP contribution < -0.4 is 10.0 Å². The van der Waals surface area contributed by atoms with Gasteiger partial charge in [-0.3, -0.25) is 4.79 Å². The fraction of sp³-hybridized carbons (Fsp3) is 0.278. The molecular weight excluding hydrogens is 370 g/mol. The highest BCUT2D eigenvalue weighted by atomic mass is 32.2. The van der Waals surface area contributed by atoms with Gasteiger partial charge >= 0.3 is 5.97 Å². The van der Waals surface area contributed by atoms with Gasteiger partial charge in [-0.1, -0.05) is 26.0 Å². The first-order valence-electron chi connectivity index (χ1n) is 8.25. The van der Waals surface area contributed by atoms with Gasteiger partial charge in [0.2, 0.25) is 10.0 Å². The number of benzene rings is 1. The largest absolute Gasteiger partial charge is 0.477 e. The second-order valence-electron chi connectivity index (χ2n) is 6.31. The maximum absolute atomic E-state index is 12.2. The number of nitrogens with one attached hydrogen (secondary N) is 2. The molecule has 1 aromatic carbocycles. The van der Waals surface area contributed by atoms with Crippen LogP contribution in [0.2, 0.25) is 0 Å². The second-order valence-corrected chi connectivity index (χ2v) is 8.07. The van der Waals surface area contributed by atoms with Gasteiger partial charge in [-0.05, 0) is 35.7 Å². The second kappa shape index (κ2) is 8.74. The zero-order valence-corrected chi connectivity index (χ0v) is 15.8. The molecule has 0 radical (unpaired) electrons. The van der Waals surface area contributed by atoms with Crippen molar-refractivity contribution in [1.29, 1.82) is 0 Å². The SMILES string of the molecule is CC(C)CNS(=O)(=O)c1ccc(CNC(=O)c2ccnc(C(=O)O)c2)cc1. The standard InChI is InChI=1S/C18H21N3O5S/c1-12(2)10-21-27(25,26)15-5-3-13(4-6-15)11-20-17(22)14-7-8-19-16(9-14)18(23)24/h3-9,12,21H,10-11H2,1-2H3,(H,20,22)(H,23,24). The molecule has 144 valence electrons. The zero-order valence-electron chi connectivity index (χ0n) is 15.0. The Morgan fingerprint density at radius 1 is 1.15 bits per heavy atom. The molecule has 0 aliphatic rings. The molecule has 1 aromatic heterocycles. The highest BCUT2D eigenvalue weighted by molar-refractivity contribution is 7.89. The number of sulfonamides is 1. The molecule has 0 unspecified atom stereocenters. The molecule has 0 spiro atoms. The first-order chi connectivity index (χ1) is 12.7. The van der Waals surface area contributed by atoms with Crippen LogP contribution in [0.15, 0.2) is 47.5 Å². The molecule has 2 rings (SSSR count). The molecule has 0 saturated carbocycles. The Labute approximate surface area is 157 Å². The number of aromatic nitrogens is 1. The number of amides is 1. The smallest absolute Gasteiger partial charge is 0.354 e. The number of pyridine rings is 1. The summed E-state index contributed by atoms with van der Waals surface area (Å²) < 4.78 is 26.8. The van der Waals surface area contributed by atoms with Crippen molar-refractivity contribution in [3.8, 4) is 0 Å². The molecule has 0 saturated heterocycles. The lowest BCUT2D eigenvalue weighted by molar-refractivity contribution is 0.0690. The minimum Gasteiger partial charge on any atom is -0.477 e. The molecule has 0 fully saturated rings. The third kappa shape index (κ3) is 5.87. The predicted molar refractivity (Wildman–Crippen MR) is 98.8 cm³/mol. The Kier molecular flexibility index (Phi) is 6.65. The molecule has 9 heteroatoms. The van der Waals surface area contributed by atoms with E-state index in [9.17, 15) is 18.0 Å². The number of carboxylic acids is 1. The van der Waals surface area contributed by atoms with Crippen molar-refractivity contribution in [2.45, 2.75) is 25.3 Å². The van der Waals surface area contributed by atoms with Crippen LogP contribution in [-0.2, 0) is 16.6 Å². The predicted octanol–water partition coefficient (Wildman–Crippen LogP) is 1.64. The van der Waals surface area contributed by atoms with E-state index in [0.29, 0.717) is 12.1 Å². The average molecular weight is 391 g/mol. The third-order valence-electron chi connectivity index (χ3n) is 3.61. The van der Waals surface area contributed by atoms with Crippen LogP contribution in [0, 0.1) is 5.92 Å². The average Bonchev–Trinajstić information content (AvgIpc) is 2.65. The summed E-state index contributed by atoms with van der Waals surface area (Å²) in [6, 6.07) is 8.77. The van der Waals surface area contributed by atoms with Gasteiger partial charge < -0.3 is 10.4 Å². The summed E-state index contributed by atoms with van der Waals surface area (Å²) in [6.07, 6.45) is 1.25. The highest BCUT2D eigenvalue weighted by Crippen LogP contribution is 2.11. The molecule has 2 aromatic rings. The summed E-state index contributed by atoms with van der Waals surface area (Å²) >= 11 is 0. The van der Waals surface area contributed by atoms with Crippen LogP contribution in [0.25, 0.3) is 0 Å². The van der Waals surface area contributed by atoms with Crippen molar-refractivity contribution < 1.29 is 23.1 Å². The van der Waals surface area contributed by atoms with E-state index in [1.165, 1.54) is 30.5 Å². The minimum absolute atomic E-state index is 0.151. The Balaban J connectivity index is 2.00. The summed E-state index contributed by atoms with van der Waals surface area (Å²) in [5.74, 6) is -1.47. The van der Waals surface area contributed by atoms with Crippen LogP contribution in [0.5, 0.6) is 0 Å². The zero-order chi connectivity index (χ0) is 20.0. The maximum Gasteiger partial charge on any atom is 0.354 e. The van der Waals surface area contributed by atoms with Crippen molar-refractivity contribution >= 4 is 21.9 Å². The fourth-order valence-electron chi connectivity index (χ4n) is 2.12. The van der Waals surface area contributed by atoms with E-state index in [-0.39, 0.29) is 28.6 Å². The molecule has 27 heavy (non-hydrogen) atoms. The molecule has 1 amide bonds. The van der Waals surface area contributed by atoms with Crippen molar-refractivity contribution in [1.82, 2.24) is 15.0 Å². The lowest BCUT2D eigenvalue weighted by Gasteiger charge is -2.10. The van der Waals surface area contributed by atoms with Crippen LogP contribution >= 0.6 is 0 Å². The van der Waals surface area contributed by atoms with Crippen molar-refractivity contribution in [3.05, 3.63) is 59.4 Å². The number of nitrogens with zero attached hydrogens (tertiary/aromatic N) is 1. The van der Waals surface area contributed by atoms with E-state index in [4.69, 9.17) is 5.11 Å². The van der Waals surface area contributed by atoms with Gasteiger partial charge in [0.15, 0.2) is 0 Å². The number of hydrogen-bond acceptors (Lipinski definition) is 5. The molecule has 1 heterocycles. The summed E-state index contributed by atoms with van der Waals surface area (Å²) in [5, 5.41) is 11.6. The summed E-state index contributed by atoms with van der Waals surface area (Å²) in [6.45, 7) is 4.35. The molecule has 3 N–H and O–H groups in total. The molecular formula is C18H21N3O5S. The van der Waals surface area contributed by atoms with Crippen molar-refractivity contribution in [2.24, 2.45) is 5.92 Å².